The highest BCUT2D eigenvalue weighted by Gasteiger charge is 2.37. The average Bonchev–Trinajstić information content (AvgIpc) is 2.70. The van der Waals surface area contributed by atoms with E-state index in [-0.39, 0.29) is 17.9 Å². The van der Waals surface area contributed by atoms with E-state index in [1.165, 1.54) is 11.1 Å². The molecule has 0 saturated carbocycles. The minimum Gasteiger partial charge on any atom is -0.396 e. The van der Waals surface area contributed by atoms with Crippen molar-refractivity contribution in [2.75, 3.05) is 33.3 Å². The van der Waals surface area contributed by atoms with Crippen LogP contribution in [0.5, 0.6) is 0 Å². The first kappa shape index (κ1) is 20.5. The number of aromatic nitrogens is 1. The molecule has 1 N–H and O–H groups in total. The van der Waals surface area contributed by atoms with Gasteiger partial charge in [-0.05, 0) is 62.1 Å². The summed E-state index contributed by atoms with van der Waals surface area (Å²) < 4.78 is 0. The zero-order chi connectivity index (χ0) is 20.0. The summed E-state index contributed by atoms with van der Waals surface area (Å²) in [5.74, 6) is 0.138. The number of amides is 1. The molecule has 2 heterocycles. The van der Waals surface area contributed by atoms with Crippen molar-refractivity contribution in [3.05, 3.63) is 65.5 Å². The lowest BCUT2D eigenvalue weighted by Gasteiger charge is -2.42. The van der Waals surface area contributed by atoms with Gasteiger partial charge < -0.3 is 10.0 Å². The average molecular weight is 382 g/mol. The molecule has 1 aromatic heterocycles. The quantitative estimate of drug-likeness (QED) is 0.801. The number of aliphatic hydroxyl groups excluding tert-OH is 1. The number of aryl methyl sites for hydroxylation is 1. The zero-order valence-corrected chi connectivity index (χ0v) is 17.0. The highest BCUT2D eigenvalue weighted by Crippen LogP contribution is 2.34. The number of nitrogens with zero attached hydrogens (tertiary/aromatic N) is 3. The third kappa shape index (κ3) is 5.18. The zero-order valence-electron chi connectivity index (χ0n) is 17.0. The van der Waals surface area contributed by atoms with Crippen molar-refractivity contribution < 1.29 is 9.90 Å². The van der Waals surface area contributed by atoms with E-state index in [0.717, 1.165) is 37.9 Å². The summed E-state index contributed by atoms with van der Waals surface area (Å²) in [4.78, 5) is 20.9. The fraction of sp³-hybridized carbons (Fsp3) is 0.478. The highest BCUT2D eigenvalue weighted by atomic mass is 16.3. The summed E-state index contributed by atoms with van der Waals surface area (Å²) in [6.07, 6.45) is 6.25. The molecule has 1 aromatic carbocycles. The Morgan fingerprint density at radius 2 is 2.00 bits per heavy atom. The molecule has 5 heteroatoms. The summed E-state index contributed by atoms with van der Waals surface area (Å²) in [5.41, 5.74) is 3.41. The van der Waals surface area contributed by atoms with Gasteiger partial charge in [0.1, 0.15) is 0 Å². The number of carbonyl (C=O) groups is 1. The van der Waals surface area contributed by atoms with E-state index < -0.39 is 0 Å². The Morgan fingerprint density at radius 3 is 2.71 bits per heavy atom. The predicted molar refractivity (Wildman–Crippen MR) is 111 cm³/mol. The number of likely N-dealkylation sites (tertiary alicyclic amines) is 1. The van der Waals surface area contributed by atoms with E-state index in [0.29, 0.717) is 13.1 Å². The first-order valence-electron chi connectivity index (χ1n) is 10.0. The summed E-state index contributed by atoms with van der Waals surface area (Å²) in [6, 6.07) is 12.3. The van der Waals surface area contributed by atoms with Crippen LogP contribution in [-0.2, 0) is 17.8 Å². The number of aliphatic hydroxyl groups is 1. The largest absolute Gasteiger partial charge is 0.396 e. The molecular formula is C23H31N3O2. The molecule has 0 bridgehead atoms. The lowest BCUT2D eigenvalue weighted by molar-refractivity contribution is -0.136. The van der Waals surface area contributed by atoms with Crippen LogP contribution in [0.2, 0.25) is 0 Å². The Labute approximate surface area is 168 Å². The maximum absolute atomic E-state index is 12.9. The van der Waals surface area contributed by atoms with Crippen molar-refractivity contribution in [2.45, 2.75) is 32.7 Å². The standard InChI is InChI=1S/C23H31N3O2/c1-19-6-3-4-7-21(19)14-23(18-27)10-5-13-26(17-23)22(28)16-25(2)15-20-8-11-24-12-9-20/h3-4,6-9,11-12,27H,5,10,13-18H2,1-2H3/t23-/m0/s1. The molecule has 1 saturated heterocycles. The van der Waals surface area contributed by atoms with Crippen molar-refractivity contribution in [3.63, 3.8) is 0 Å². The fourth-order valence-corrected chi connectivity index (χ4v) is 4.15. The molecular weight excluding hydrogens is 350 g/mol. The van der Waals surface area contributed by atoms with E-state index in [4.69, 9.17) is 0 Å². The minimum absolute atomic E-state index is 0.109. The monoisotopic (exact) mass is 381 g/mol. The van der Waals surface area contributed by atoms with Gasteiger partial charge in [0.15, 0.2) is 0 Å². The van der Waals surface area contributed by atoms with Gasteiger partial charge in [-0.25, -0.2) is 0 Å². The summed E-state index contributed by atoms with van der Waals surface area (Å²) in [7, 11) is 1.97. The molecule has 3 rings (SSSR count). The van der Waals surface area contributed by atoms with Crippen LogP contribution in [0.15, 0.2) is 48.8 Å². The van der Waals surface area contributed by atoms with Crippen LogP contribution in [-0.4, -0.2) is 59.1 Å². The van der Waals surface area contributed by atoms with Gasteiger partial charge in [-0.2, -0.15) is 0 Å². The minimum atomic E-state index is -0.246. The van der Waals surface area contributed by atoms with Gasteiger partial charge in [-0.1, -0.05) is 24.3 Å². The van der Waals surface area contributed by atoms with Crippen LogP contribution in [0.4, 0.5) is 0 Å². The predicted octanol–water partition coefficient (Wildman–Crippen LogP) is 2.67. The van der Waals surface area contributed by atoms with E-state index in [1.807, 2.05) is 41.1 Å². The summed E-state index contributed by atoms with van der Waals surface area (Å²) in [6.45, 7) is 4.72. The maximum Gasteiger partial charge on any atom is 0.236 e. The Morgan fingerprint density at radius 1 is 1.25 bits per heavy atom. The second kappa shape index (κ2) is 9.30. The third-order valence-electron chi connectivity index (χ3n) is 5.78. The Balaban J connectivity index is 1.62. The van der Waals surface area contributed by atoms with Crippen LogP contribution >= 0.6 is 0 Å². The number of pyridine rings is 1. The number of carbonyl (C=O) groups excluding carboxylic acids is 1. The molecule has 1 aliphatic heterocycles. The number of hydrogen-bond donors (Lipinski definition) is 1. The molecule has 1 fully saturated rings. The van der Waals surface area contributed by atoms with E-state index >= 15 is 0 Å². The van der Waals surface area contributed by atoms with Crippen molar-refractivity contribution in [3.8, 4) is 0 Å². The number of benzene rings is 1. The molecule has 0 aliphatic carbocycles. The number of rotatable bonds is 7. The Bertz CT molecular complexity index is 780. The van der Waals surface area contributed by atoms with Gasteiger partial charge in [-0.3, -0.25) is 14.7 Å². The molecule has 0 unspecified atom stereocenters. The first-order valence-corrected chi connectivity index (χ1v) is 10.0. The molecule has 5 nitrogen and oxygen atoms in total. The van der Waals surface area contributed by atoms with Gasteiger partial charge in [-0.15, -0.1) is 0 Å². The van der Waals surface area contributed by atoms with Crippen LogP contribution in [0.25, 0.3) is 0 Å². The van der Waals surface area contributed by atoms with Crippen molar-refractivity contribution >= 4 is 5.91 Å². The van der Waals surface area contributed by atoms with Gasteiger partial charge >= 0.3 is 0 Å². The Kier molecular flexibility index (Phi) is 6.81. The third-order valence-corrected chi connectivity index (χ3v) is 5.78. The molecule has 1 amide bonds. The van der Waals surface area contributed by atoms with Crippen LogP contribution in [0.1, 0.15) is 29.5 Å². The van der Waals surface area contributed by atoms with Crippen molar-refractivity contribution in [1.82, 2.24) is 14.8 Å². The van der Waals surface area contributed by atoms with Gasteiger partial charge in [0.25, 0.3) is 0 Å². The second-order valence-corrected chi connectivity index (χ2v) is 8.21. The summed E-state index contributed by atoms with van der Waals surface area (Å²) >= 11 is 0. The summed E-state index contributed by atoms with van der Waals surface area (Å²) in [5, 5.41) is 10.2. The van der Waals surface area contributed by atoms with Gasteiger partial charge in [0.05, 0.1) is 13.2 Å². The molecule has 2 aromatic rings. The fourth-order valence-electron chi connectivity index (χ4n) is 4.15. The maximum atomic E-state index is 12.9. The topological polar surface area (TPSA) is 56.7 Å². The number of hydrogen-bond acceptors (Lipinski definition) is 4. The normalized spacial score (nSPS) is 19.8. The van der Waals surface area contributed by atoms with Gasteiger partial charge in [0.2, 0.25) is 5.91 Å². The number of likely N-dealkylation sites (N-methyl/N-ethyl adjacent to an activating group) is 1. The smallest absolute Gasteiger partial charge is 0.236 e. The van der Waals surface area contributed by atoms with Crippen LogP contribution < -0.4 is 0 Å². The highest BCUT2D eigenvalue weighted by molar-refractivity contribution is 5.78. The van der Waals surface area contributed by atoms with E-state index in [9.17, 15) is 9.90 Å². The van der Waals surface area contributed by atoms with Crippen LogP contribution in [0.3, 0.4) is 0 Å². The molecule has 0 spiro atoms. The number of piperidine rings is 1. The molecule has 1 atom stereocenters. The van der Waals surface area contributed by atoms with E-state index in [1.54, 1.807) is 12.4 Å². The van der Waals surface area contributed by atoms with E-state index in [2.05, 4.69) is 24.0 Å². The van der Waals surface area contributed by atoms with Crippen molar-refractivity contribution in [2.24, 2.45) is 5.41 Å². The molecule has 0 radical (unpaired) electrons. The first-order chi connectivity index (χ1) is 13.5. The molecule has 28 heavy (non-hydrogen) atoms. The molecule has 150 valence electrons. The SMILES string of the molecule is Cc1ccccc1C[C@@]1(CO)CCCN(C(=O)CN(C)Cc2ccncc2)C1. The van der Waals surface area contributed by atoms with Crippen molar-refractivity contribution in [1.29, 1.82) is 0 Å². The Hall–Kier alpha value is -2.24. The lowest BCUT2D eigenvalue weighted by atomic mass is 9.75. The second-order valence-electron chi connectivity index (χ2n) is 8.21. The van der Waals surface area contributed by atoms with Gasteiger partial charge in [0, 0.05) is 37.4 Å². The lowest BCUT2D eigenvalue weighted by Crippen LogP contribution is -2.51. The van der Waals surface area contributed by atoms with Crippen LogP contribution in [0, 0.1) is 12.3 Å². The molecule has 1 aliphatic rings.